The van der Waals surface area contributed by atoms with E-state index in [9.17, 15) is 27.2 Å². The van der Waals surface area contributed by atoms with Crippen molar-refractivity contribution in [2.75, 3.05) is 56.5 Å². The first kappa shape index (κ1) is 28.4. The fourth-order valence-electron chi connectivity index (χ4n) is 6.83. The molecular formula is C30H29F4N5O3S. The van der Waals surface area contributed by atoms with Crippen LogP contribution in [0.3, 0.4) is 0 Å². The summed E-state index contributed by atoms with van der Waals surface area (Å²) >= 11 is 1.30. The van der Waals surface area contributed by atoms with Gasteiger partial charge in [-0.15, -0.1) is 11.8 Å². The molecule has 8 nitrogen and oxygen atoms in total. The van der Waals surface area contributed by atoms with E-state index < -0.39 is 23.2 Å². The number of benzene rings is 2. The molecule has 0 spiro atoms. The van der Waals surface area contributed by atoms with Crippen molar-refractivity contribution < 1.29 is 27.1 Å². The standard InChI is InChI=1S/C30H29F4N5O3S/c1-2-24(40)36-7-9-37(10-8-36)28-22-12-23(30(32,33)34)25(17-3-5-18(31)6-4-17)27-26(22)39(29(41)35-28)20(16-43-27)13-38-14-21-11-19(38)15-42-21/h2-6,12,19-21H,1,7-11,13-16H2/t19-,20-,21-/m0/s1. The maximum atomic E-state index is 14.8. The molecule has 226 valence electrons. The molecule has 3 saturated heterocycles. The molecule has 0 saturated carbocycles. The Morgan fingerprint density at radius 2 is 1.91 bits per heavy atom. The lowest BCUT2D eigenvalue weighted by Crippen LogP contribution is -2.49. The number of amides is 1. The molecule has 4 aliphatic heterocycles. The van der Waals surface area contributed by atoms with Crippen molar-refractivity contribution in [1.29, 1.82) is 0 Å². The van der Waals surface area contributed by atoms with Gasteiger partial charge >= 0.3 is 11.9 Å². The topological polar surface area (TPSA) is 70.9 Å². The molecule has 2 bridgehead atoms. The first-order valence-electron chi connectivity index (χ1n) is 14.2. The van der Waals surface area contributed by atoms with Gasteiger partial charge in [-0.3, -0.25) is 14.3 Å². The molecule has 0 N–H and O–H groups in total. The van der Waals surface area contributed by atoms with Gasteiger partial charge in [0, 0.05) is 66.9 Å². The van der Waals surface area contributed by atoms with Crippen LogP contribution in [-0.4, -0.2) is 89.0 Å². The summed E-state index contributed by atoms with van der Waals surface area (Å²) in [4.78, 5) is 36.4. The second kappa shape index (κ2) is 10.6. The van der Waals surface area contributed by atoms with Gasteiger partial charge in [0.1, 0.15) is 11.6 Å². The van der Waals surface area contributed by atoms with Gasteiger partial charge in [-0.25, -0.2) is 9.18 Å². The average molecular weight is 616 g/mol. The zero-order valence-electron chi connectivity index (χ0n) is 23.1. The van der Waals surface area contributed by atoms with E-state index >= 15 is 0 Å². The number of likely N-dealkylation sites (tertiary alicyclic amines) is 1. The van der Waals surface area contributed by atoms with Crippen molar-refractivity contribution in [2.45, 2.75) is 35.7 Å². The van der Waals surface area contributed by atoms with E-state index in [-0.39, 0.29) is 46.4 Å². The Morgan fingerprint density at radius 1 is 1.16 bits per heavy atom. The van der Waals surface area contributed by atoms with E-state index in [0.717, 1.165) is 31.2 Å². The largest absolute Gasteiger partial charge is 0.417 e. The van der Waals surface area contributed by atoms with Crippen LogP contribution in [0.4, 0.5) is 23.4 Å². The SMILES string of the molecule is C=CC(=O)N1CCN(c2nc(=O)n3c4c(c(-c5ccc(F)cc5)c(C(F)(F)F)cc24)SC[C@@H]3CN2C[C@@H]3C[C@H]2CO3)CC1. The Balaban J connectivity index is 1.42. The molecule has 2 aromatic carbocycles. The minimum Gasteiger partial charge on any atom is -0.375 e. The molecule has 3 aromatic rings. The van der Waals surface area contributed by atoms with Gasteiger partial charge in [-0.1, -0.05) is 18.7 Å². The molecule has 0 aliphatic carbocycles. The van der Waals surface area contributed by atoms with Crippen LogP contribution in [-0.2, 0) is 15.7 Å². The highest BCUT2D eigenvalue weighted by atomic mass is 32.2. The first-order valence-corrected chi connectivity index (χ1v) is 15.2. The maximum Gasteiger partial charge on any atom is 0.417 e. The van der Waals surface area contributed by atoms with E-state index in [1.165, 1.54) is 30.0 Å². The van der Waals surface area contributed by atoms with Crippen molar-refractivity contribution in [3.8, 4) is 11.1 Å². The number of thioether (sulfide) groups is 1. The summed E-state index contributed by atoms with van der Waals surface area (Å²) in [6, 6.07) is 6.00. The van der Waals surface area contributed by atoms with Gasteiger partial charge in [0.25, 0.3) is 0 Å². The number of morpholine rings is 1. The van der Waals surface area contributed by atoms with E-state index in [4.69, 9.17) is 4.74 Å². The predicted octanol–water partition coefficient (Wildman–Crippen LogP) is 4.18. The molecule has 4 aliphatic rings. The fraction of sp³-hybridized carbons (Fsp3) is 0.433. The number of rotatable bonds is 5. The number of halogens is 4. The summed E-state index contributed by atoms with van der Waals surface area (Å²) in [6.45, 7) is 6.71. The van der Waals surface area contributed by atoms with Gasteiger partial charge in [-0.2, -0.15) is 18.2 Å². The number of carbonyl (C=O) groups is 1. The number of carbonyl (C=O) groups excluding carboxylic acids is 1. The Labute approximate surface area is 248 Å². The maximum absolute atomic E-state index is 14.8. The van der Waals surface area contributed by atoms with Crippen molar-refractivity contribution in [1.82, 2.24) is 19.4 Å². The molecule has 0 unspecified atom stereocenters. The van der Waals surface area contributed by atoms with Crippen molar-refractivity contribution in [3.63, 3.8) is 0 Å². The number of hydrogen-bond acceptors (Lipinski definition) is 7. The number of ether oxygens (including phenoxy) is 1. The molecule has 43 heavy (non-hydrogen) atoms. The summed E-state index contributed by atoms with van der Waals surface area (Å²) in [5.41, 5.74) is -0.823. The second-order valence-electron chi connectivity index (χ2n) is 11.4. The molecule has 5 heterocycles. The lowest BCUT2D eigenvalue weighted by atomic mass is 9.96. The lowest BCUT2D eigenvalue weighted by Gasteiger charge is -2.38. The van der Waals surface area contributed by atoms with E-state index in [0.29, 0.717) is 55.5 Å². The molecular weight excluding hydrogens is 586 g/mol. The molecule has 0 radical (unpaired) electrons. The van der Waals surface area contributed by atoms with Gasteiger partial charge < -0.3 is 14.5 Å². The highest BCUT2D eigenvalue weighted by Gasteiger charge is 2.43. The van der Waals surface area contributed by atoms with Crippen LogP contribution in [0.25, 0.3) is 22.0 Å². The molecule has 3 fully saturated rings. The normalized spacial score (nSPS) is 23.8. The highest BCUT2D eigenvalue weighted by Crippen LogP contribution is 2.50. The Morgan fingerprint density at radius 3 is 2.53 bits per heavy atom. The Bertz CT molecular complexity index is 1670. The molecule has 13 heteroatoms. The molecule has 1 aromatic heterocycles. The highest BCUT2D eigenvalue weighted by molar-refractivity contribution is 7.99. The quantitative estimate of drug-likeness (QED) is 0.315. The van der Waals surface area contributed by atoms with E-state index in [1.807, 2.05) is 0 Å². The third-order valence-corrected chi connectivity index (χ3v) is 10.1. The van der Waals surface area contributed by atoms with Crippen LogP contribution in [0, 0.1) is 5.82 Å². The van der Waals surface area contributed by atoms with Crippen LogP contribution in [0.1, 0.15) is 18.0 Å². The number of nitrogens with zero attached hydrogens (tertiary/aromatic N) is 5. The summed E-state index contributed by atoms with van der Waals surface area (Å²) in [7, 11) is 0. The minimum absolute atomic E-state index is 0.0659. The van der Waals surface area contributed by atoms with Crippen LogP contribution >= 0.6 is 11.8 Å². The van der Waals surface area contributed by atoms with Crippen molar-refractivity contribution >= 4 is 34.4 Å². The lowest BCUT2D eigenvalue weighted by molar-refractivity contribution is -0.137. The second-order valence-corrected chi connectivity index (χ2v) is 12.4. The number of fused-ring (bicyclic) bond motifs is 2. The van der Waals surface area contributed by atoms with Crippen molar-refractivity contribution in [3.05, 3.63) is 64.9 Å². The number of hydrogen-bond donors (Lipinski definition) is 0. The monoisotopic (exact) mass is 615 g/mol. The van der Waals surface area contributed by atoms with E-state index in [2.05, 4.69) is 16.5 Å². The summed E-state index contributed by atoms with van der Waals surface area (Å²) < 4.78 is 65.5. The van der Waals surface area contributed by atoms with Gasteiger partial charge in [-0.05, 0) is 36.3 Å². The number of piperazine rings is 1. The summed E-state index contributed by atoms with van der Waals surface area (Å²) in [6.07, 6.45) is -2.40. The zero-order valence-corrected chi connectivity index (χ0v) is 24.0. The van der Waals surface area contributed by atoms with Gasteiger partial charge in [0.2, 0.25) is 5.91 Å². The minimum atomic E-state index is -4.73. The van der Waals surface area contributed by atoms with Gasteiger partial charge in [0.05, 0.1) is 29.8 Å². The fourth-order valence-corrected chi connectivity index (χ4v) is 8.17. The third kappa shape index (κ3) is 4.91. The average Bonchev–Trinajstić information content (AvgIpc) is 3.62. The zero-order chi connectivity index (χ0) is 30.0. The predicted molar refractivity (Wildman–Crippen MR) is 155 cm³/mol. The Hall–Kier alpha value is -3.42. The van der Waals surface area contributed by atoms with Crippen LogP contribution in [0.2, 0.25) is 0 Å². The molecule has 7 rings (SSSR count). The number of aromatic nitrogens is 2. The van der Waals surface area contributed by atoms with Gasteiger partial charge in [0.15, 0.2) is 0 Å². The Kier molecular flexibility index (Phi) is 7.01. The molecule has 1 amide bonds. The smallest absolute Gasteiger partial charge is 0.375 e. The van der Waals surface area contributed by atoms with Crippen LogP contribution < -0.4 is 10.6 Å². The van der Waals surface area contributed by atoms with E-state index in [1.54, 1.807) is 14.4 Å². The first-order chi connectivity index (χ1) is 20.6. The summed E-state index contributed by atoms with van der Waals surface area (Å²) in [5, 5.41) is 0.236. The molecule has 3 atom stereocenters. The third-order valence-electron chi connectivity index (χ3n) is 8.89. The van der Waals surface area contributed by atoms with Crippen molar-refractivity contribution in [2.24, 2.45) is 0 Å². The summed E-state index contributed by atoms with van der Waals surface area (Å²) in [5.74, 6) is -0.224. The van der Waals surface area contributed by atoms with Crippen LogP contribution in [0.15, 0.2) is 52.7 Å². The number of alkyl halides is 3. The number of anilines is 1. The van der Waals surface area contributed by atoms with Crippen LogP contribution in [0.5, 0.6) is 0 Å².